The number of benzene rings is 2. The van der Waals surface area contributed by atoms with Crippen LogP contribution in [0.5, 0.6) is 0 Å². The molecule has 204 valence electrons. The molecule has 36 heavy (non-hydrogen) atoms. The number of rotatable bonds is 4. The molecule has 0 radical (unpaired) electrons. The van der Waals surface area contributed by atoms with E-state index in [9.17, 15) is 9.59 Å². The smallest absolute Gasteiger partial charge is 0.405 e. The molecule has 0 aliphatic heterocycles. The number of nitrogens with zero attached hydrogens (tertiary/aromatic N) is 1. The van der Waals surface area contributed by atoms with Crippen molar-refractivity contribution in [1.82, 2.24) is 16.5 Å². The summed E-state index contributed by atoms with van der Waals surface area (Å²) in [6.07, 6.45) is 2.48. The maximum absolute atomic E-state index is 10.4. The Morgan fingerprint density at radius 3 is 1.81 bits per heavy atom. The number of carbonyl (C=O) groups is 2. The number of amides is 1. The summed E-state index contributed by atoms with van der Waals surface area (Å²) in [4.78, 5) is 25.1. The van der Waals surface area contributed by atoms with Crippen molar-refractivity contribution in [1.29, 1.82) is 0 Å². The Balaban J connectivity index is 0. The summed E-state index contributed by atoms with van der Waals surface area (Å²) in [5, 5.41) is 23.2. The summed E-state index contributed by atoms with van der Waals surface area (Å²) < 4.78 is 0. The summed E-state index contributed by atoms with van der Waals surface area (Å²) in [5.41, 5.74) is 0.321. The molecule has 0 aliphatic carbocycles. The van der Waals surface area contributed by atoms with Crippen LogP contribution in [0.1, 0.15) is 68.2 Å². The van der Waals surface area contributed by atoms with Gasteiger partial charge in [-0.15, -0.1) is 0 Å². The van der Waals surface area contributed by atoms with Gasteiger partial charge in [0.25, 0.3) is 0 Å². The van der Waals surface area contributed by atoms with Gasteiger partial charge in [-0.05, 0) is 57.4 Å². The van der Waals surface area contributed by atoms with Crippen LogP contribution < -0.4 is 11.5 Å². The van der Waals surface area contributed by atoms with Crippen molar-refractivity contribution in [3.05, 3.63) is 54.7 Å². The minimum atomic E-state index is -0.954. The fraction of sp³-hybridized carbons (Fsp3) is 0.464. The molecule has 0 saturated heterocycles. The number of carboxylic acid groups (broad SMARTS) is 2. The van der Waals surface area contributed by atoms with Gasteiger partial charge in [0.05, 0.1) is 10.9 Å². The van der Waals surface area contributed by atoms with Gasteiger partial charge >= 0.3 is 12.1 Å². The molecular weight excluding hydrogens is 637 g/mol. The predicted molar refractivity (Wildman–Crippen MR) is 145 cm³/mol. The summed E-state index contributed by atoms with van der Waals surface area (Å²) in [6, 6.07) is 16.6. The molecule has 3 aromatic rings. The van der Waals surface area contributed by atoms with Gasteiger partial charge < -0.3 is 21.7 Å². The minimum absolute atomic E-state index is 0. The third kappa shape index (κ3) is 12.5. The van der Waals surface area contributed by atoms with Gasteiger partial charge in [-0.25, -0.2) is 4.79 Å². The third-order valence-corrected chi connectivity index (χ3v) is 5.38. The van der Waals surface area contributed by atoms with Gasteiger partial charge in [-0.3, -0.25) is 9.78 Å². The first-order chi connectivity index (χ1) is 15.6. The molecule has 3 rings (SSSR count). The normalized spacial score (nSPS) is 11.0. The zero-order chi connectivity index (χ0) is 26.2. The maximum Gasteiger partial charge on any atom is 0.405 e. The van der Waals surface area contributed by atoms with E-state index in [1.54, 1.807) is 13.8 Å². The zero-order valence-corrected chi connectivity index (χ0v) is 25.1. The van der Waals surface area contributed by atoms with Crippen LogP contribution in [-0.4, -0.2) is 32.8 Å². The Kier molecular flexibility index (Phi) is 14.8. The molecule has 0 aliphatic rings. The van der Waals surface area contributed by atoms with E-state index in [0.717, 1.165) is 11.9 Å². The Morgan fingerprint density at radius 1 is 0.861 bits per heavy atom. The van der Waals surface area contributed by atoms with Crippen LogP contribution in [0.4, 0.5) is 4.79 Å². The van der Waals surface area contributed by atoms with Crippen molar-refractivity contribution in [2.75, 3.05) is 0 Å². The predicted octanol–water partition coefficient (Wildman–Crippen LogP) is 7.52. The average Bonchev–Trinajstić information content (AvgIpc) is 2.71. The fourth-order valence-corrected chi connectivity index (χ4v) is 3.62. The molecule has 6 N–H and O–H groups in total. The third-order valence-electron chi connectivity index (χ3n) is 5.38. The number of aromatic nitrogens is 1. The Morgan fingerprint density at radius 2 is 1.36 bits per heavy atom. The van der Waals surface area contributed by atoms with Crippen molar-refractivity contribution < 1.29 is 40.9 Å². The minimum Gasteiger partial charge on any atom is -0.481 e. The van der Waals surface area contributed by atoms with E-state index in [-0.39, 0.29) is 38.2 Å². The van der Waals surface area contributed by atoms with E-state index >= 15 is 0 Å². The Labute approximate surface area is 229 Å². The molecule has 0 spiro atoms. The largest absolute Gasteiger partial charge is 0.481 e. The molecule has 1 heterocycles. The second kappa shape index (κ2) is 14.9. The standard InChI is InChI=1S/C13H9N.C9H19NO2.C6H12O2.H3N.Pt/c1-2-6-11-10(5-1)9-14-13-8-4-3-7-12(11)13;1-8(2,3)6-9(4,5)10-7(11)12;1-4-6(2,3)5(7)8;;/h1-9H;10H,6H2,1-5H3,(H,11,12);4H2,1-3H3,(H,7,8);1H3;. The molecule has 1 amide bonds. The van der Waals surface area contributed by atoms with Crippen LogP contribution in [0.15, 0.2) is 54.7 Å². The molecule has 0 atom stereocenters. The average molecular weight is 681 g/mol. The second-order valence-corrected chi connectivity index (χ2v) is 11.0. The quantitative estimate of drug-likeness (QED) is 0.211. The molecule has 0 bridgehead atoms. The number of fused-ring (bicyclic) bond motifs is 3. The molecule has 0 saturated carbocycles. The second-order valence-electron chi connectivity index (χ2n) is 11.0. The van der Waals surface area contributed by atoms with Crippen molar-refractivity contribution in [2.45, 2.75) is 73.8 Å². The number of nitrogens with one attached hydrogen (secondary N) is 1. The van der Waals surface area contributed by atoms with Gasteiger partial charge in [0.2, 0.25) is 0 Å². The monoisotopic (exact) mass is 680 g/mol. The Hall–Kier alpha value is -2.50. The zero-order valence-electron chi connectivity index (χ0n) is 22.8. The van der Waals surface area contributed by atoms with Crippen molar-refractivity contribution >= 4 is 33.7 Å². The molecular formula is C28H43N3O4Pt. The van der Waals surface area contributed by atoms with Crippen LogP contribution in [-0.2, 0) is 25.9 Å². The molecule has 0 unspecified atom stereocenters. The molecule has 1 aromatic heterocycles. The van der Waals surface area contributed by atoms with Crippen molar-refractivity contribution in [2.24, 2.45) is 10.8 Å². The van der Waals surface area contributed by atoms with Crippen LogP contribution in [0.2, 0.25) is 0 Å². The number of hydrogen-bond donors (Lipinski definition) is 4. The van der Waals surface area contributed by atoms with Gasteiger partial charge in [-0.2, -0.15) is 0 Å². The molecule has 8 heteroatoms. The summed E-state index contributed by atoms with van der Waals surface area (Å²) in [5.74, 6) is -0.722. The number of pyridine rings is 1. The van der Waals surface area contributed by atoms with Gasteiger partial charge in [0.15, 0.2) is 0 Å². The maximum atomic E-state index is 10.4. The molecule has 7 nitrogen and oxygen atoms in total. The van der Waals surface area contributed by atoms with Crippen LogP contribution >= 0.6 is 0 Å². The van der Waals surface area contributed by atoms with Crippen molar-refractivity contribution in [3.63, 3.8) is 0 Å². The first-order valence-electron chi connectivity index (χ1n) is 11.5. The number of carboxylic acids is 1. The van der Waals surface area contributed by atoms with E-state index in [1.807, 2.05) is 45.2 Å². The number of aliphatic carboxylic acids is 1. The summed E-state index contributed by atoms with van der Waals surface area (Å²) in [7, 11) is 0. The topological polar surface area (TPSA) is 135 Å². The summed E-state index contributed by atoms with van der Waals surface area (Å²) >= 11 is 0. The molecule has 0 fully saturated rings. The number of para-hydroxylation sites is 1. The molecule has 2 aromatic carbocycles. The van der Waals surface area contributed by atoms with Crippen LogP contribution in [0.3, 0.4) is 0 Å². The van der Waals surface area contributed by atoms with Crippen LogP contribution in [0, 0.1) is 10.8 Å². The van der Waals surface area contributed by atoms with E-state index in [2.05, 4.69) is 61.4 Å². The fourth-order valence-electron chi connectivity index (χ4n) is 3.62. The van der Waals surface area contributed by atoms with Crippen LogP contribution in [0.25, 0.3) is 21.7 Å². The first kappa shape index (κ1) is 35.7. The van der Waals surface area contributed by atoms with E-state index < -0.39 is 17.5 Å². The van der Waals surface area contributed by atoms with E-state index in [0.29, 0.717) is 6.42 Å². The van der Waals surface area contributed by atoms with Crippen molar-refractivity contribution in [3.8, 4) is 0 Å². The van der Waals surface area contributed by atoms with Gasteiger partial charge in [0, 0.05) is 43.6 Å². The van der Waals surface area contributed by atoms with Gasteiger partial charge in [-0.1, -0.05) is 70.2 Å². The SMILES string of the molecule is CC(C)(C)CC(C)(C)NC(=O)O.CCC(C)(C)C(=O)O.N.[Pt].c1ccc2c(c1)cnc1ccccc12. The Bertz CT molecular complexity index is 1050. The number of hydrogen-bond acceptors (Lipinski definition) is 4. The van der Waals surface area contributed by atoms with Gasteiger partial charge in [0.1, 0.15) is 0 Å². The summed E-state index contributed by atoms with van der Waals surface area (Å²) in [6.45, 7) is 15.4. The van der Waals surface area contributed by atoms with E-state index in [1.165, 1.54) is 16.2 Å². The van der Waals surface area contributed by atoms with E-state index in [4.69, 9.17) is 10.2 Å². The first-order valence-corrected chi connectivity index (χ1v) is 11.5.